The van der Waals surface area contributed by atoms with Crippen molar-refractivity contribution in [2.45, 2.75) is 45.3 Å². The number of hydrogen-bond donors (Lipinski definition) is 4. The molecule has 0 saturated carbocycles. The highest BCUT2D eigenvalue weighted by Crippen LogP contribution is 2.07. The molecule has 0 saturated heterocycles. The van der Waals surface area contributed by atoms with Gasteiger partial charge in [-0.3, -0.25) is 9.35 Å². The molecular weight excluding hydrogens is 314 g/mol. The number of ether oxygens (including phenoxy) is 1. The van der Waals surface area contributed by atoms with E-state index in [2.05, 4.69) is 10.6 Å². The van der Waals surface area contributed by atoms with Crippen LogP contribution >= 0.6 is 0 Å². The number of carbonyl (C=O) groups excluding carboxylic acids is 2. The van der Waals surface area contributed by atoms with Crippen molar-refractivity contribution in [1.82, 2.24) is 10.6 Å². The van der Waals surface area contributed by atoms with E-state index in [0.29, 0.717) is 13.0 Å². The summed E-state index contributed by atoms with van der Waals surface area (Å²) in [5, 5.41) is 4.74. The second-order valence-electron chi connectivity index (χ2n) is 5.71. The first-order valence-corrected chi connectivity index (χ1v) is 8.48. The van der Waals surface area contributed by atoms with E-state index in [1.807, 2.05) is 0 Å². The smallest absolute Gasteiger partial charge is 0.408 e. The van der Waals surface area contributed by atoms with E-state index in [1.165, 1.54) is 0 Å². The van der Waals surface area contributed by atoms with Crippen molar-refractivity contribution in [2.24, 2.45) is 5.73 Å². The molecule has 9 nitrogen and oxygen atoms in total. The van der Waals surface area contributed by atoms with Crippen LogP contribution in [0.4, 0.5) is 4.79 Å². The van der Waals surface area contributed by atoms with Crippen LogP contribution in [0.15, 0.2) is 0 Å². The molecule has 0 aromatic rings. The van der Waals surface area contributed by atoms with Gasteiger partial charge < -0.3 is 21.1 Å². The third kappa shape index (κ3) is 11.3. The van der Waals surface area contributed by atoms with Crippen LogP contribution in [-0.2, 0) is 19.6 Å². The lowest BCUT2D eigenvalue weighted by Crippen LogP contribution is -2.49. The summed E-state index contributed by atoms with van der Waals surface area (Å²) in [4.78, 5) is 23.6. The SMILES string of the molecule is CC(C)(C)OC(=O)N[C@@H](CCCN)C(=O)NCCS(=O)(=O)O. The molecule has 0 aromatic heterocycles. The molecule has 130 valence electrons. The molecule has 0 fully saturated rings. The van der Waals surface area contributed by atoms with E-state index in [1.54, 1.807) is 20.8 Å². The highest BCUT2D eigenvalue weighted by Gasteiger charge is 2.24. The third-order valence-electron chi connectivity index (χ3n) is 2.36. The number of rotatable bonds is 8. The van der Waals surface area contributed by atoms with Crippen molar-refractivity contribution in [3.63, 3.8) is 0 Å². The predicted octanol–water partition coefficient (Wildman–Crippen LogP) is -0.377. The van der Waals surface area contributed by atoms with Crippen LogP contribution in [0.3, 0.4) is 0 Å². The highest BCUT2D eigenvalue weighted by atomic mass is 32.2. The van der Waals surface area contributed by atoms with E-state index in [4.69, 9.17) is 15.0 Å². The maximum Gasteiger partial charge on any atom is 0.408 e. The summed E-state index contributed by atoms with van der Waals surface area (Å²) < 4.78 is 34.8. The molecule has 0 bridgehead atoms. The number of alkyl carbamates (subject to hydrolysis) is 1. The fraction of sp³-hybridized carbons (Fsp3) is 0.833. The van der Waals surface area contributed by atoms with Crippen LogP contribution in [0.25, 0.3) is 0 Å². The summed E-state index contributed by atoms with van der Waals surface area (Å²) in [6.45, 7) is 5.15. The van der Waals surface area contributed by atoms with Gasteiger partial charge in [0.25, 0.3) is 10.1 Å². The molecule has 0 spiro atoms. The second-order valence-corrected chi connectivity index (χ2v) is 7.28. The molecule has 0 aliphatic heterocycles. The Morgan fingerprint density at radius 3 is 2.36 bits per heavy atom. The Labute approximate surface area is 130 Å². The maximum atomic E-state index is 11.9. The van der Waals surface area contributed by atoms with E-state index in [9.17, 15) is 18.0 Å². The molecule has 0 rings (SSSR count). The standard InChI is InChI=1S/C12H25N3O6S/c1-12(2,3)21-11(17)15-9(5-4-6-13)10(16)14-7-8-22(18,19)20/h9H,4-8,13H2,1-3H3,(H,14,16)(H,15,17)(H,18,19,20)/t9-/m0/s1. The Morgan fingerprint density at radius 1 is 1.32 bits per heavy atom. The molecule has 0 unspecified atom stereocenters. The predicted molar refractivity (Wildman–Crippen MR) is 80.9 cm³/mol. The first kappa shape index (κ1) is 20.6. The Balaban J connectivity index is 4.54. The molecule has 1 atom stereocenters. The van der Waals surface area contributed by atoms with Crippen molar-refractivity contribution in [3.8, 4) is 0 Å². The fourth-order valence-electron chi connectivity index (χ4n) is 1.47. The molecule has 5 N–H and O–H groups in total. The largest absolute Gasteiger partial charge is 0.444 e. The summed E-state index contributed by atoms with van der Waals surface area (Å²) >= 11 is 0. The number of nitrogens with two attached hydrogens (primary N) is 1. The molecular formula is C12H25N3O6S. The van der Waals surface area contributed by atoms with Gasteiger partial charge in [-0.05, 0) is 40.2 Å². The first-order chi connectivity index (χ1) is 9.94. The van der Waals surface area contributed by atoms with Gasteiger partial charge in [0.2, 0.25) is 5.91 Å². The average Bonchev–Trinajstić information content (AvgIpc) is 2.30. The molecule has 2 amide bonds. The van der Waals surface area contributed by atoms with Gasteiger partial charge in [-0.15, -0.1) is 0 Å². The van der Waals surface area contributed by atoms with Gasteiger partial charge in [0.05, 0.1) is 5.75 Å². The Morgan fingerprint density at radius 2 is 1.91 bits per heavy atom. The topological polar surface area (TPSA) is 148 Å². The zero-order valence-electron chi connectivity index (χ0n) is 13.1. The number of carbonyl (C=O) groups is 2. The van der Waals surface area contributed by atoms with Gasteiger partial charge in [0, 0.05) is 6.54 Å². The highest BCUT2D eigenvalue weighted by molar-refractivity contribution is 7.85. The van der Waals surface area contributed by atoms with Gasteiger partial charge in [0.1, 0.15) is 11.6 Å². The summed E-state index contributed by atoms with van der Waals surface area (Å²) in [5.41, 5.74) is 4.67. The van der Waals surface area contributed by atoms with E-state index < -0.39 is 39.5 Å². The zero-order valence-corrected chi connectivity index (χ0v) is 13.9. The van der Waals surface area contributed by atoms with Crippen molar-refractivity contribution in [1.29, 1.82) is 0 Å². The van der Waals surface area contributed by atoms with Crippen molar-refractivity contribution >= 4 is 22.1 Å². The van der Waals surface area contributed by atoms with Gasteiger partial charge in [-0.2, -0.15) is 8.42 Å². The van der Waals surface area contributed by atoms with E-state index in [0.717, 1.165) is 0 Å². The molecule has 0 aliphatic carbocycles. The lowest BCUT2D eigenvalue weighted by Gasteiger charge is -2.23. The minimum Gasteiger partial charge on any atom is -0.444 e. The zero-order chi connectivity index (χ0) is 17.4. The Hall–Kier alpha value is -1.39. The second kappa shape index (κ2) is 8.91. The average molecular weight is 339 g/mol. The third-order valence-corrected chi connectivity index (χ3v) is 3.08. The van der Waals surface area contributed by atoms with Crippen LogP contribution in [0.1, 0.15) is 33.6 Å². The van der Waals surface area contributed by atoms with Gasteiger partial charge in [0.15, 0.2) is 0 Å². The van der Waals surface area contributed by atoms with Gasteiger partial charge in [-0.25, -0.2) is 4.79 Å². The summed E-state index contributed by atoms with van der Waals surface area (Å²) in [5.74, 6) is -1.17. The number of nitrogens with one attached hydrogen (secondary N) is 2. The summed E-state index contributed by atoms with van der Waals surface area (Å²) in [6.07, 6.45) is 0.0269. The van der Waals surface area contributed by atoms with Crippen LogP contribution in [0.2, 0.25) is 0 Å². The number of hydrogen-bond acceptors (Lipinski definition) is 6. The Kier molecular flexibility index (Phi) is 8.35. The number of amides is 2. The molecule has 0 radical (unpaired) electrons. The van der Waals surface area contributed by atoms with Crippen molar-refractivity contribution in [2.75, 3.05) is 18.8 Å². The minimum atomic E-state index is -4.16. The first-order valence-electron chi connectivity index (χ1n) is 6.87. The molecule has 10 heteroatoms. The van der Waals surface area contributed by atoms with E-state index in [-0.39, 0.29) is 13.0 Å². The van der Waals surface area contributed by atoms with Crippen LogP contribution < -0.4 is 16.4 Å². The van der Waals surface area contributed by atoms with Crippen molar-refractivity contribution < 1.29 is 27.3 Å². The van der Waals surface area contributed by atoms with Gasteiger partial charge in [-0.1, -0.05) is 0 Å². The van der Waals surface area contributed by atoms with Crippen molar-refractivity contribution in [3.05, 3.63) is 0 Å². The van der Waals surface area contributed by atoms with Crippen LogP contribution in [0, 0.1) is 0 Å². The monoisotopic (exact) mass is 339 g/mol. The van der Waals surface area contributed by atoms with Gasteiger partial charge >= 0.3 is 6.09 Å². The lowest BCUT2D eigenvalue weighted by atomic mass is 10.1. The molecule has 0 aromatic carbocycles. The lowest BCUT2D eigenvalue weighted by molar-refractivity contribution is -0.123. The molecule has 22 heavy (non-hydrogen) atoms. The van der Waals surface area contributed by atoms with Crippen LogP contribution in [0.5, 0.6) is 0 Å². The fourth-order valence-corrected chi connectivity index (χ4v) is 1.83. The normalized spacial score (nSPS) is 13.3. The van der Waals surface area contributed by atoms with E-state index >= 15 is 0 Å². The maximum absolute atomic E-state index is 11.9. The molecule has 0 heterocycles. The summed E-state index contributed by atoms with van der Waals surface area (Å²) in [7, 11) is -4.16. The summed E-state index contributed by atoms with van der Waals surface area (Å²) in [6, 6.07) is -0.889. The Bertz CT molecular complexity index is 472. The van der Waals surface area contributed by atoms with Crippen LogP contribution in [-0.4, -0.2) is 55.5 Å². The molecule has 0 aliphatic rings. The quantitative estimate of drug-likeness (QED) is 0.441. The minimum absolute atomic E-state index is 0.257.